The van der Waals surface area contributed by atoms with Crippen molar-refractivity contribution in [2.75, 3.05) is 0 Å². The molecule has 12 aromatic carbocycles. The average Bonchev–Trinajstić information content (AvgIpc) is 2.46. The van der Waals surface area contributed by atoms with Gasteiger partial charge in [0, 0.05) is 5.54 Å². The highest BCUT2D eigenvalue weighted by atomic mass is 28.3. The first-order valence-electron chi connectivity index (χ1n) is 28.8. The Kier molecular flexibility index (Phi) is 14.2. The first-order chi connectivity index (χ1) is 40.4. The van der Waals surface area contributed by atoms with Gasteiger partial charge in [-0.1, -0.05) is 302 Å². The van der Waals surface area contributed by atoms with Gasteiger partial charge in [-0.25, -0.2) is 0 Å². The van der Waals surface area contributed by atoms with Gasteiger partial charge >= 0.3 is 0 Å². The van der Waals surface area contributed by atoms with Gasteiger partial charge in [0.25, 0.3) is 0 Å². The van der Waals surface area contributed by atoms with Crippen LogP contribution in [0.15, 0.2) is 332 Å². The zero-order valence-corrected chi connectivity index (χ0v) is 48.0. The molecule has 0 aromatic heterocycles. The van der Waals surface area contributed by atoms with Crippen molar-refractivity contribution in [2.45, 2.75) is 33.2 Å². The smallest absolute Gasteiger partial charge is 0.0647 e. The van der Waals surface area contributed by atoms with Crippen molar-refractivity contribution in [3.63, 3.8) is 0 Å². The third-order valence-corrected chi connectivity index (χ3v) is 23.1. The van der Waals surface area contributed by atoms with Crippen LogP contribution in [-0.4, -0.2) is 8.07 Å². The molecule has 12 aromatic rings. The van der Waals surface area contributed by atoms with Gasteiger partial charge in [-0.15, -0.1) is 0 Å². The lowest BCUT2D eigenvalue weighted by Crippen LogP contribution is -2.71. The van der Waals surface area contributed by atoms with Gasteiger partial charge in [0.15, 0.2) is 8.07 Å². The molecule has 0 bridgehead atoms. The quantitative estimate of drug-likeness (QED) is 0.0797. The maximum absolute atomic E-state index is 3.86. The second-order valence-electron chi connectivity index (χ2n) is 22.0. The molecule has 0 fully saturated rings. The fourth-order valence-electron chi connectivity index (χ4n) is 13.4. The van der Waals surface area contributed by atoms with Crippen molar-refractivity contribution >= 4 is 23.6 Å². The van der Waals surface area contributed by atoms with Gasteiger partial charge in [0.1, 0.15) is 0 Å². The summed E-state index contributed by atoms with van der Waals surface area (Å²) in [5, 5.41) is 4.11. The van der Waals surface area contributed by atoms with Gasteiger partial charge in [0.05, 0.1) is 0 Å². The Morgan fingerprint density at radius 3 is 0.537 bits per heavy atom. The Balaban J connectivity index is 1.36. The van der Waals surface area contributed by atoms with E-state index in [0.29, 0.717) is 0 Å². The van der Waals surface area contributed by atoms with Gasteiger partial charge in [-0.3, -0.25) is 0 Å². The van der Waals surface area contributed by atoms with Crippen LogP contribution in [0.25, 0.3) is 100 Å². The third-order valence-electron chi connectivity index (χ3n) is 17.6. The van der Waals surface area contributed by atoms with E-state index in [0.717, 1.165) is 0 Å². The molecule has 0 atom stereocenters. The van der Waals surface area contributed by atoms with E-state index < -0.39 is 8.07 Å². The third kappa shape index (κ3) is 9.33. The number of benzene rings is 12. The fraction of sp³-hybridized carbons (Fsp3) is 0.0617. The molecular formula is C81H64Si. The summed E-state index contributed by atoms with van der Waals surface area (Å²) in [5.41, 5.74) is 27.2. The maximum Gasteiger partial charge on any atom is 0.161 e. The normalized spacial score (nSPS) is 12.7. The minimum absolute atomic E-state index is 0.0384. The van der Waals surface area contributed by atoms with Crippen molar-refractivity contribution in [3.05, 3.63) is 332 Å². The molecular weight excluding hydrogens is 1000 g/mol. The van der Waals surface area contributed by atoms with E-state index in [1.54, 1.807) is 0 Å². The summed E-state index contributed by atoms with van der Waals surface area (Å²) in [6.07, 6.45) is 0. The summed E-state index contributed by atoms with van der Waals surface area (Å²) in [6, 6.07) is 117. The molecule has 0 nitrogen and oxygen atoms in total. The monoisotopic (exact) mass is 1060 g/mol. The van der Waals surface area contributed by atoms with Crippen LogP contribution < -0.4 is 15.6 Å². The summed E-state index contributed by atoms with van der Waals surface area (Å²) in [5.74, 6) is 0. The molecule has 0 radical (unpaired) electrons. The van der Waals surface area contributed by atoms with Crippen LogP contribution in [0, 0.1) is 0 Å². The lowest BCUT2D eigenvalue weighted by atomic mass is 9.90. The highest BCUT2D eigenvalue weighted by Gasteiger charge is 2.54. The molecule has 13 rings (SSSR count). The molecule has 0 spiro atoms. The van der Waals surface area contributed by atoms with E-state index in [-0.39, 0.29) is 5.54 Å². The fourth-order valence-corrected chi connectivity index (χ4v) is 20.0. The second-order valence-corrected chi connectivity index (χ2v) is 25.8. The van der Waals surface area contributed by atoms with Crippen LogP contribution in [0.4, 0.5) is 0 Å². The molecule has 1 heteroatoms. The first kappa shape index (κ1) is 51.8. The van der Waals surface area contributed by atoms with E-state index in [1.165, 1.54) is 138 Å². The van der Waals surface area contributed by atoms with E-state index >= 15 is 0 Å². The molecule has 1 aliphatic rings. The molecule has 0 heterocycles. The highest BCUT2D eigenvalue weighted by Crippen LogP contribution is 2.51. The molecule has 1 aliphatic carbocycles. The Hall–Kier alpha value is -9.66. The Morgan fingerprint density at radius 1 is 0.195 bits per heavy atom. The van der Waals surface area contributed by atoms with Crippen molar-refractivity contribution in [1.82, 2.24) is 0 Å². The standard InChI is InChI=1S/C81H64Si/c1-56-57(2)59(4)81(58(56)3)82(78-53-72(63-38-20-8-21-39-63)69(60-32-14-5-15-33-60)50-75(78)66-44-26-11-27-45-66,79-54-73(64-40-22-9-23-41-64)70(61-34-16-6-17-35-61)51-76(79)67-46-28-12-29-47-67)80-55-74(65-42-24-10-25-43-65)71(62-36-18-7-19-37-62)52-77(80)68-48-30-13-31-49-68/h5-55,81H,1-4H3. The van der Waals surface area contributed by atoms with Crippen molar-refractivity contribution in [2.24, 2.45) is 0 Å². The van der Waals surface area contributed by atoms with Crippen LogP contribution in [0.1, 0.15) is 27.7 Å². The zero-order chi connectivity index (χ0) is 55.6. The van der Waals surface area contributed by atoms with Gasteiger partial charge in [0.2, 0.25) is 0 Å². The summed E-state index contributed by atoms with van der Waals surface area (Å²) >= 11 is 0. The number of allylic oxidation sites excluding steroid dienone is 4. The van der Waals surface area contributed by atoms with E-state index in [4.69, 9.17) is 0 Å². The summed E-state index contributed by atoms with van der Waals surface area (Å²) < 4.78 is 0. The van der Waals surface area contributed by atoms with E-state index in [9.17, 15) is 0 Å². The molecule has 392 valence electrons. The summed E-state index contributed by atoms with van der Waals surface area (Å²) in [6.45, 7) is 9.71. The Bertz CT molecular complexity index is 3850. The zero-order valence-electron chi connectivity index (χ0n) is 47.0. The second kappa shape index (κ2) is 22.5. The van der Waals surface area contributed by atoms with Crippen LogP contribution in [0.2, 0.25) is 5.54 Å². The topological polar surface area (TPSA) is 0 Å². The van der Waals surface area contributed by atoms with Gasteiger partial charge in [-0.2, -0.15) is 0 Å². The highest BCUT2D eigenvalue weighted by molar-refractivity contribution is 7.15. The molecule has 0 saturated heterocycles. The molecule has 0 aliphatic heterocycles. The number of rotatable bonds is 13. The van der Waals surface area contributed by atoms with Crippen molar-refractivity contribution in [1.29, 1.82) is 0 Å². The molecule has 0 saturated carbocycles. The summed E-state index contributed by atoms with van der Waals surface area (Å²) in [7, 11) is -3.86. The van der Waals surface area contributed by atoms with Gasteiger partial charge in [-0.05, 0) is 173 Å². The lowest BCUT2D eigenvalue weighted by molar-refractivity contribution is 1.09. The van der Waals surface area contributed by atoms with Crippen molar-refractivity contribution < 1.29 is 0 Å². The van der Waals surface area contributed by atoms with E-state index in [1.807, 2.05) is 0 Å². The Labute approximate surface area is 485 Å². The van der Waals surface area contributed by atoms with Crippen molar-refractivity contribution in [3.8, 4) is 100 Å². The first-order valence-corrected chi connectivity index (χ1v) is 30.9. The molecule has 0 amide bonds. The van der Waals surface area contributed by atoms with Crippen LogP contribution in [-0.2, 0) is 0 Å². The molecule has 0 N–H and O–H groups in total. The number of hydrogen-bond acceptors (Lipinski definition) is 0. The summed E-state index contributed by atoms with van der Waals surface area (Å²) in [4.78, 5) is 0. The predicted octanol–water partition coefficient (Wildman–Crippen LogP) is 20.2. The van der Waals surface area contributed by atoms with Gasteiger partial charge < -0.3 is 0 Å². The predicted molar refractivity (Wildman–Crippen MR) is 353 cm³/mol. The molecule has 82 heavy (non-hydrogen) atoms. The number of hydrogen-bond donors (Lipinski definition) is 0. The SMILES string of the molecule is CC1=C(C)C([Si](c2cc(-c3ccccc3)c(-c3ccccc3)cc2-c2ccccc2)(c2cc(-c3ccccc3)c(-c3ccccc3)cc2-c2ccccc2)c2cc(-c3ccccc3)c(-c3ccccc3)cc2-c2ccccc2)C(C)=C1C. The van der Waals surface area contributed by atoms with Crippen LogP contribution in [0.5, 0.6) is 0 Å². The molecule has 0 unspecified atom stereocenters. The maximum atomic E-state index is 2.69. The van der Waals surface area contributed by atoms with Crippen LogP contribution in [0.3, 0.4) is 0 Å². The lowest BCUT2D eigenvalue weighted by Gasteiger charge is -2.45. The van der Waals surface area contributed by atoms with Crippen LogP contribution >= 0.6 is 0 Å². The Morgan fingerprint density at radius 2 is 0.354 bits per heavy atom. The average molecular weight is 1070 g/mol. The largest absolute Gasteiger partial charge is 0.161 e. The minimum Gasteiger partial charge on any atom is -0.0647 e. The van der Waals surface area contributed by atoms with E-state index in [2.05, 4.69) is 337 Å². The minimum atomic E-state index is -3.86.